The number of ether oxygens (including phenoxy) is 1. The second-order valence-electron chi connectivity index (χ2n) is 7.13. The van der Waals surface area contributed by atoms with Crippen LogP contribution in [0.5, 0.6) is 0 Å². The Bertz CT molecular complexity index is 517. The van der Waals surface area contributed by atoms with E-state index >= 15 is 0 Å². The Morgan fingerprint density at radius 3 is 2.91 bits per heavy atom. The van der Waals surface area contributed by atoms with Crippen molar-refractivity contribution in [2.75, 3.05) is 44.8 Å². The van der Waals surface area contributed by atoms with Gasteiger partial charge in [0.2, 0.25) is 0 Å². The van der Waals surface area contributed by atoms with E-state index in [1.54, 1.807) is 0 Å². The van der Waals surface area contributed by atoms with Gasteiger partial charge in [-0.1, -0.05) is 6.07 Å². The molecule has 0 aliphatic carbocycles. The van der Waals surface area contributed by atoms with Gasteiger partial charge in [-0.15, -0.1) is 0 Å². The Morgan fingerprint density at radius 1 is 1.39 bits per heavy atom. The summed E-state index contributed by atoms with van der Waals surface area (Å²) < 4.78 is 5.38. The lowest BCUT2D eigenvalue weighted by Crippen LogP contribution is -2.53. The molecule has 0 saturated carbocycles. The van der Waals surface area contributed by atoms with Crippen LogP contribution in [0, 0.1) is 6.92 Å². The molecule has 2 aliphatic heterocycles. The van der Waals surface area contributed by atoms with Crippen molar-refractivity contribution in [1.82, 2.24) is 9.88 Å². The molecule has 2 fully saturated rings. The fourth-order valence-electron chi connectivity index (χ4n) is 3.73. The van der Waals surface area contributed by atoms with Crippen molar-refractivity contribution >= 4 is 5.82 Å². The van der Waals surface area contributed by atoms with Gasteiger partial charge in [0.25, 0.3) is 0 Å². The van der Waals surface area contributed by atoms with Crippen LogP contribution in [0.3, 0.4) is 0 Å². The van der Waals surface area contributed by atoms with E-state index in [9.17, 15) is 5.11 Å². The van der Waals surface area contributed by atoms with E-state index in [2.05, 4.69) is 34.0 Å². The number of rotatable bonds is 4. The van der Waals surface area contributed by atoms with E-state index in [4.69, 9.17) is 4.74 Å². The van der Waals surface area contributed by atoms with Crippen LogP contribution in [0.15, 0.2) is 18.2 Å². The van der Waals surface area contributed by atoms with Gasteiger partial charge in [-0.25, -0.2) is 4.98 Å². The summed E-state index contributed by atoms with van der Waals surface area (Å²) in [6.45, 7) is 6.18. The van der Waals surface area contributed by atoms with Crippen LogP contribution in [0.25, 0.3) is 0 Å². The van der Waals surface area contributed by atoms with Crippen LogP contribution in [0.4, 0.5) is 5.82 Å². The lowest BCUT2D eigenvalue weighted by atomic mass is 9.92. The molecule has 23 heavy (non-hydrogen) atoms. The van der Waals surface area contributed by atoms with E-state index < -0.39 is 5.60 Å². The molecule has 2 aliphatic rings. The third-order valence-electron chi connectivity index (χ3n) is 5.18. The minimum absolute atomic E-state index is 0.470. The molecule has 2 saturated heterocycles. The van der Waals surface area contributed by atoms with Crippen LogP contribution in [-0.2, 0) is 4.74 Å². The maximum Gasteiger partial charge on any atom is 0.128 e. The van der Waals surface area contributed by atoms with Gasteiger partial charge in [0, 0.05) is 57.4 Å². The number of likely N-dealkylation sites (N-methyl/N-ethyl adjacent to an activating group) is 1. The normalized spacial score (nSPS) is 24.9. The molecule has 0 bridgehead atoms. The van der Waals surface area contributed by atoms with Gasteiger partial charge in [0.05, 0.1) is 5.60 Å². The molecule has 3 rings (SSSR count). The van der Waals surface area contributed by atoms with Gasteiger partial charge < -0.3 is 14.7 Å². The number of pyridine rings is 1. The van der Waals surface area contributed by atoms with Crippen molar-refractivity contribution in [1.29, 1.82) is 0 Å². The van der Waals surface area contributed by atoms with E-state index in [0.717, 1.165) is 44.0 Å². The second kappa shape index (κ2) is 7.16. The molecule has 0 spiro atoms. The Kier molecular flexibility index (Phi) is 5.19. The van der Waals surface area contributed by atoms with Crippen LogP contribution in [0.2, 0.25) is 0 Å². The maximum absolute atomic E-state index is 10.7. The average molecular weight is 319 g/mol. The Balaban J connectivity index is 1.61. The predicted octanol–water partition coefficient (Wildman–Crippen LogP) is 1.83. The standard InChI is InChI=1S/C18H29N3O2/c1-15-5-3-7-17(19-15)21-10-4-6-16(13-21)20(2)14-18(22)8-11-23-12-9-18/h3,5,7,16,22H,4,6,8-14H2,1-2H3. The highest BCUT2D eigenvalue weighted by Gasteiger charge is 2.34. The van der Waals surface area contributed by atoms with Crippen LogP contribution >= 0.6 is 0 Å². The molecule has 0 amide bonds. The summed E-state index contributed by atoms with van der Waals surface area (Å²) in [6.07, 6.45) is 3.85. The molecule has 1 unspecified atom stereocenters. The van der Waals surface area contributed by atoms with Crippen molar-refractivity contribution in [3.63, 3.8) is 0 Å². The van der Waals surface area contributed by atoms with Crippen molar-refractivity contribution in [2.24, 2.45) is 0 Å². The highest BCUT2D eigenvalue weighted by Crippen LogP contribution is 2.25. The van der Waals surface area contributed by atoms with E-state index in [1.165, 1.54) is 12.8 Å². The molecule has 3 heterocycles. The predicted molar refractivity (Wildman–Crippen MR) is 91.8 cm³/mol. The van der Waals surface area contributed by atoms with Crippen molar-refractivity contribution < 1.29 is 9.84 Å². The number of hydrogen-bond donors (Lipinski definition) is 1. The monoisotopic (exact) mass is 319 g/mol. The van der Waals surface area contributed by atoms with Gasteiger partial charge in [-0.2, -0.15) is 0 Å². The summed E-state index contributed by atoms with van der Waals surface area (Å²) in [7, 11) is 2.14. The molecule has 0 radical (unpaired) electrons. The number of nitrogens with zero attached hydrogens (tertiary/aromatic N) is 3. The number of hydrogen-bond acceptors (Lipinski definition) is 5. The SMILES string of the molecule is Cc1cccc(N2CCCC(N(C)CC3(O)CCOCC3)C2)n1. The van der Waals surface area contributed by atoms with Gasteiger partial charge in [-0.3, -0.25) is 4.90 Å². The zero-order chi connectivity index (χ0) is 16.3. The third kappa shape index (κ3) is 4.22. The Morgan fingerprint density at radius 2 is 2.17 bits per heavy atom. The lowest BCUT2D eigenvalue weighted by Gasteiger charge is -2.42. The summed E-state index contributed by atoms with van der Waals surface area (Å²) in [4.78, 5) is 9.38. The first-order valence-corrected chi connectivity index (χ1v) is 8.75. The van der Waals surface area contributed by atoms with Crippen molar-refractivity contribution in [2.45, 2.75) is 44.2 Å². The molecule has 1 atom stereocenters. The number of anilines is 1. The number of aryl methyl sites for hydroxylation is 1. The van der Waals surface area contributed by atoms with Gasteiger partial charge >= 0.3 is 0 Å². The molecule has 1 aromatic rings. The zero-order valence-electron chi connectivity index (χ0n) is 14.4. The molecule has 1 aromatic heterocycles. The molecule has 5 heteroatoms. The lowest BCUT2D eigenvalue weighted by molar-refractivity contribution is -0.0818. The first-order valence-electron chi connectivity index (χ1n) is 8.75. The highest BCUT2D eigenvalue weighted by atomic mass is 16.5. The Hall–Kier alpha value is -1.17. The smallest absolute Gasteiger partial charge is 0.128 e. The third-order valence-corrected chi connectivity index (χ3v) is 5.18. The van der Waals surface area contributed by atoms with Crippen LogP contribution in [0.1, 0.15) is 31.4 Å². The first kappa shape index (κ1) is 16.7. The second-order valence-corrected chi connectivity index (χ2v) is 7.13. The van der Waals surface area contributed by atoms with Gasteiger partial charge in [-0.05, 0) is 38.9 Å². The molecule has 5 nitrogen and oxygen atoms in total. The minimum atomic E-state index is -0.586. The summed E-state index contributed by atoms with van der Waals surface area (Å²) in [5.74, 6) is 1.08. The van der Waals surface area contributed by atoms with E-state index in [1.807, 2.05) is 13.0 Å². The fraction of sp³-hybridized carbons (Fsp3) is 0.722. The van der Waals surface area contributed by atoms with E-state index in [-0.39, 0.29) is 0 Å². The van der Waals surface area contributed by atoms with Crippen LogP contribution in [-0.4, -0.2) is 66.5 Å². The number of piperidine rings is 1. The molecular formula is C18H29N3O2. The number of aliphatic hydroxyl groups is 1. The van der Waals surface area contributed by atoms with Crippen molar-refractivity contribution in [3.05, 3.63) is 23.9 Å². The zero-order valence-corrected chi connectivity index (χ0v) is 14.4. The highest BCUT2D eigenvalue weighted by molar-refractivity contribution is 5.40. The average Bonchev–Trinajstić information content (AvgIpc) is 2.55. The van der Waals surface area contributed by atoms with Gasteiger partial charge in [0.15, 0.2) is 0 Å². The summed E-state index contributed by atoms with van der Waals surface area (Å²) >= 11 is 0. The fourth-order valence-corrected chi connectivity index (χ4v) is 3.73. The van der Waals surface area contributed by atoms with E-state index in [0.29, 0.717) is 19.3 Å². The minimum Gasteiger partial charge on any atom is -0.388 e. The first-order chi connectivity index (χ1) is 11.1. The molecule has 0 aromatic carbocycles. The van der Waals surface area contributed by atoms with Crippen LogP contribution < -0.4 is 4.90 Å². The maximum atomic E-state index is 10.7. The summed E-state index contributed by atoms with van der Waals surface area (Å²) in [5.41, 5.74) is 0.478. The quantitative estimate of drug-likeness (QED) is 0.917. The molecule has 128 valence electrons. The van der Waals surface area contributed by atoms with Gasteiger partial charge in [0.1, 0.15) is 5.82 Å². The summed E-state index contributed by atoms with van der Waals surface area (Å²) in [5, 5.41) is 10.7. The summed E-state index contributed by atoms with van der Waals surface area (Å²) in [6, 6.07) is 6.69. The number of aromatic nitrogens is 1. The topological polar surface area (TPSA) is 48.8 Å². The molecule has 1 N–H and O–H groups in total. The Labute approximate surface area is 139 Å². The molecular weight excluding hydrogens is 290 g/mol. The van der Waals surface area contributed by atoms with Crippen molar-refractivity contribution in [3.8, 4) is 0 Å². The largest absolute Gasteiger partial charge is 0.388 e.